The van der Waals surface area contributed by atoms with Crippen molar-refractivity contribution in [3.8, 4) is 0 Å². The lowest BCUT2D eigenvalue weighted by Crippen LogP contribution is -1.49. The van der Waals surface area contributed by atoms with Crippen LogP contribution < -0.4 is 0 Å². The largest absolute Gasteiger partial charge is 0.270 e. The minimum atomic E-state index is 1.75. The zero-order valence-electron chi connectivity index (χ0n) is 7.59. The smallest absolute Gasteiger partial charge is 0.0221 e. The van der Waals surface area contributed by atoms with Gasteiger partial charge in [-0.05, 0) is 13.8 Å². The third kappa shape index (κ3) is 58.5. The highest BCUT2D eigenvalue weighted by molar-refractivity contribution is 5.54. The van der Waals surface area contributed by atoms with E-state index >= 15 is 0 Å². The van der Waals surface area contributed by atoms with Gasteiger partial charge >= 0.3 is 0 Å². The summed E-state index contributed by atoms with van der Waals surface area (Å²) in [5.41, 5.74) is 0. The Labute approximate surface area is 65.2 Å². The molecule has 0 saturated carbocycles. The Morgan fingerprint density at radius 3 is 1.60 bits per heavy atom. The second kappa shape index (κ2) is 42.0. The van der Waals surface area contributed by atoms with Crippen LogP contribution in [0.1, 0.15) is 27.7 Å². The zero-order chi connectivity index (χ0) is 8.83. The molecule has 60 valence electrons. The first-order valence-corrected chi connectivity index (χ1v) is 3.50. The average Bonchev–Trinajstić information content (AvgIpc) is 2.08. The molecule has 0 radical (unpaired) electrons. The minimum absolute atomic E-state index is 1.75. The number of allylic oxidation sites excluding steroid dienone is 1. The molecule has 0 aliphatic rings. The standard InChI is InChI=1S/C5H9N.C2H6.C2H4/c1-3-5-6-4-2;2*1-2/h3-5H,1-2H3;1-2H3;1-2H2/b5-3-,6-4?;;. The van der Waals surface area contributed by atoms with Gasteiger partial charge in [-0.2, -0.15) is 0 Å². The van der Waals surface area contributed by atoms with E-state index < -0.39 is 0 Å². The van der Waals surface area contributed by atoms with E-state index in [0.29, 0.717) is 0 Å². The topological polar surface area (TPSA) is 12.4 Å². The molecule has 0 N–H and O–H groups in total. The van der Waals surface area contributed by atoms with Gasteiger partial charge in [0.05, 0.1) is 0 Å². The van der Waals surface area contributed by atoms with Crippen LogP contribution in [0.5, 0.6) is 0 Å². The van der Waals surface area contributed by atoms with Crippen molar-refractivity contribution in [3.63, 3.8) is 0 Å². The van der Waals surface area contributed by atoms with E-state index in [1.54, 1.807) is 12.4 Å². The van der Waals surface area contributed by atoms with E-state index in [0.717, 1.165) is 0 Å². The van der Waals surface area contributed by atoms with Gasteiger partial charge in [-0.3, -0.25) is 4.99 Å². The maximum absolute atomic E-state index is 3.78. The summed E-state index contributed by atoms with van der Waals surface area (Å²) in [5.74, 6) is 0. The first-order valence-electron chi connectivity index (χ1n) is 3.50. The van der Waals surface area contributed by atoms with Crippen molar-refractivity contribution in [2.24, 2.45) is 4.99 Å². The quantitative estimate of drug-likeness (QED) is 0.392. The van der Waals surface area contributed by atoms with Crippen molar-refractivity contribution in [2.45, 2.75) is 27.7 Å². The molecule has 1 nitrogen and oxygen atoms in total. The second-order valence-corrected chi connectivity index (χ2v) is 0.890. The molecule has 0 aromatic carbocycles. The number of aliphatic imine (C=N–C) groups is 1. The highest BCUT2D eigenvalue weighted by Gasteiger charge is 1.48. The van der Waals surface area contributed by atoms with Gasteiger partial charge in [-0.1, -0.05) is 19.9 Å². The van der Waals surface area contributed by atoms with E-state index in [1.165, 1.54) is 0 Å². The molecule has 0 atom stereocenters. The van der Waals surface area contributed by atoms with Crippen LogP contribution in [0.2, 0.25) is 0 Å². The fraction of sp³-hybridized carbons (Fsp3) is 0.444. The molecule has 0 aliphatic carbocycles. The molecule has 0 bridgehead atoms. The van der Waals surface area contributed by atoms with Crippen molar-refractivity contribution in [2.75, 3.05) is 0 Å². The Morgan fingerprint density at radius 2 is 1.50 bits per heavy atom. The van der Waals surface area contributed by atoms with Crippen molar-refractivity contribution >= 4 is 6.21 Å². The van der Waals surface area contributed by atoms with Crippen molar-refractivity contribution < 1.29 is 0 Å². The molecule has 0 rings (SSSR count). The van der Waals surface area contributed by atoms with Crippen LogP contribution in [0, 0.1) is 0 Å². The SMILES string of the molecule is C=C.CC.CC=N/C=C\C. The van der Waals surface area contributed by atoms with Crippen LogP contribution >= 0.6 is 0 Å². The first-order chi connectivity index (χ1) is 4.91. The molecule has 0 aromatic heterocycles. The van der Waals surface area contributed by atoms with Gasteiger partial charge < -0.3 is 0 Å². The summed E-state index contributed by atoms with van der Waals surface area (Å²) in [5, 5.41) is 0. The van der Waals surface area contributed by atoms with Gasteiger partial charge in [0.1, 0.15) is 0 Å². The second-order valence-electron chi connectivity index (χ2n) is 0.890. The average molecular weight is 141 g/mol. The van der Waals surface area contributed by atoms with Crippen LogP contribution in [0.4, 0.5) is 0 Å². The van der Waals surface area contributed by atoms with Crippen LogP contribution in [0.3, 0.4) is 0 Å². The molecule has 0 aromatic rings. The van der Waals surface area contributed by atoms with Crippen LogP contribution in [-0.2, 0) is 0 Å². The molecule has 10 heavy (non-hydrogen) atoms. The van der Waals surface area contributed by atoms with Crippen LogP contribution in [0.25, 0.3) is 0 Å². The Hall–Kier alpha value is -0.850. The fourth-order valence-corrected chi connectivity index (χ4v) is 0.172. The van der Waals surface area contributed by atoms with Gasteiger partial charge in [0.2, 0.25) is 0 Å². The summed E-state index contributed by atoms with van der Waals surface area (Å²) < 4.78 is 0. The summed E-state index contributed by atoms with van der Waals surface area (Å²) in [7, 11) is 0. The van der Waals surface area contributed by atoms with E-state index in [1.807, 2.05) is 33.8 Å². The molecule has 0 unspecified atom stereocenters. The maximum atomic E-state index is 3.78. The Kier molecular flexibility index (Phi) is 67.5. The molecule has 0 spiro atoms. The highest BCUT2D eigenvalue weighted by atomic mass is 14.6. The fourth-order valence-electron chi connectivity index (χ4n) is 0.172. The monoisotopic (exact) mass is 141 g/mol. The molecule has 0 amide bonds. The van der Waals surface area contributed by atoms with Gasteiger partial charge in [0.15, 0.2) is 0 Å². The predicted octanol–water partition coefficient (Wildman–Crippen LogP) is 3.44. The van der Waals surface area contributed by atoms with E-state index in [4.69, 9.17) is 0 Å². The van der Waals surface area contributed by atoms with Crippen molar-refractivity contribution in [1.82, 2.24) is 0 Å². The van der Waals surface area contributed by atoms with E-state index in [2.05, 4.69) is 18.2 Å². The lowest BCUT2D eigenvalue weighted by atomic mass is 10.7. The number of hydrogen-bond acceptors (Lipinski definition) is 1. The van der Waals surface area contributed by atoms with Crippen molar-refractivity contribution in [1.29, 1.82) is 0 Å². The van der Waals surface area contributed by atoms with Gasteiger partial charge in [-0.15, -0.1) is 13.2 Å². The lowest BCUT2D eigenvalue weighted by Gasteiger charge is -1.64. The number of hydrogen-bond donors (Lipinski definition) is 0. The number of nitrogens with zero attached hydrogens (tertiary/aromatic N) is 1. The molecule has 0 heterocycles. The van der Waals surface area contributed by atoms with Crippen molar-refractivity contribution in [3.05, 3.63) is 25.4 Å². The summed E-state index contributed by atoms with van der Waals surface area (Å²) in [6, 6.07) is 0. The third-order valence-corrected chi connectivity index (χ3v) is 0.384. The van der Waals surface area contributed by atoms with Gasteiger partial charge in [0, 0.05) is 12.4 Å². The molecule has 0 saturated heterocycles. The normalized spacial score (nSPS) is 8.00. The molecule has 0 fully saturated rings. The molecule has 0 aliphatic heterocycles. The minimum Gasteiger partial charge on any atom is -0.270 e. The predicted molar refractivity (Wildman–Crippen MR) is 51.6 cm³/mol. The first kappa shape index (κ1) is 16.1. The Bertz CT molecular complexity index is 62.8. The molecular weight excluding hydrogens is 122 g/mol. The summed E-state index contributed by atoms with van der Waals surface area (Å²) in [6.45, 7) is 13.8. The van der Waals surface area contributed by atoms with E-state index in [-0.39, 0.29) is 0 Å². The number of rotatable bonds is 1. The molecular formula is C9H19N. The third-order valence-electron chi connectivity index (χ3n) is 0.384. The molecule has 1 heteroatoms. The zero-order valence-corrected chi connectivity index (χ0v) is 7.59. The van der Waals surface area contributed by atoms with Crippen LogP contribution in [0.15, 0.2) is 30.4 Å². The summed E-state index contributed by atoms with van der Waals surface area (Å²) in [6.07, 6.45) is 5.39. The van der Waals surface area contributed by atoms with E-state index in [9.17, 15) is 0 Å². The Morgan fingerprint density at radius 1 is 1.10 bits per heavy atom. The van der Waals surface area contributed by atoms with Gasteiger partial charge in [-0.25, -0.2) is 0 Å². The maximum Gasteiger partial charge on any atom is 0.0221 e. The van der Waals surface area contributed by atoms with Crippen LogP contribution in [-0.4, -0.2) is 6.21 Å². The summed E-state index contributed by atoms with van der Waals surface area (Å²) >= 11 is 0. The lowest BCUT2D eigenvalue weighted by molar-refractivity contribution is 1.50. The Balaban J connectivity index is -0.000000105. The highest BCUT2D eigenvalue weighted by Crippen LogP contribution is 1.67. The summed E-state index contributed by atoms with van der Waals surface area (Å²) in [4.78, 5) is 3.78. The van der Waals surface area contributed by atoms with Gasteiger partial charge in [0.25, 0.3) is 0 Å².